The van der Waals surface area contributed by atoms with Crippen molar-refractivity contribution in [3.63, 3.8) is 0 Å². The van der Waals surface area contributed by atoms with Crippen LogP contribution in [0.1, 0.15) is 51.4 Å². The summed E-state index contributed by atoms with van der Waals surface area (Å²) >= 11 is 0. The summed E-state index contributed by atoms with van der Waals surface area (Å²) in [5, 5.41) is 11.2. The molecule has 1 aliphatic rings. The van der Waals surface area contributed by atoms with Gasteiger partial charge in [0.15, 0.2) is 12.4 Å². The van der Waals surface area contributed by atoms with Gasteiger partial charge in [0.05, 0.1) is 12.4 Å². The van der Waals surface area contributed by atoms with Gasteiger partial charge in [-0.05, 0) is 38.3 Å². The molecule has 1 fully saturated rings. The third-order valence-corrected chi connectivity index (χ3v) is 3.60. The van der Waals surface area contributed by atoms with Gasteiger partial charge < -0.3 is 13.9 Å². The molecule has 112 valence electrons. The molecule has 0 spiro atoms. The molecule has 20 heavy (non-hydrogen) atoms. The molecule has 1 aliphatic heterocycles. The summed E-state index contributed by atoms with van der Waals surface area (Å²) in [4.78, 5) is 10.9. The zero-order chi connectivity index (χ0) is 14.5. The van der Waals surface area contributed by atoms with Gasteiger partial charge in [0.25, 0.3) is 0 Å². The van der Waals surface area contributed by atoms with Gasteiger partial charge >= 0.3 is 0 Å². The highest BCUT2D eigenvalue weighted by molar-refractivity contribution is 5.04. The molecule has 0 unspecified atom stereocenters. The largest absolute Gasteiger partial charge is 0.466 e. The van der Waals surface area contributed by atoms with E-state index in [4.69, 9.17) is 13.9 Å². The smallest absolute Gasteiger partial charge is 0.245 e. The van der Waals surface area contributed by atoms with Crippen LogP contribution < -0.4 is 0 Å². The number of furan rings is 1. The van der Waals surface area contributed by atoms with E-state index in [2.05, 4.69) is 0 Å². The summed E-state index contributed by atoms with van der Waals surface area (Å²) in [7, 11) is 0. The van der Waals surface area contributed by atoms with Crippen molar-refractivity contribution in [2.75, 3.05) is 0 Å². The summed E-state index contributed by atoms with van der Waals surface area (Å²) in [6.45, 7) is 3.76. The number of hydrogen-bond donors (Lipinski definition) is 0. The first-order valence-corrected chi connectivity index (χ1v) is 7.09. The average molecular weight is 283 g/mol. The second-order valence-corrected chi connectivity index (χ2v) is 5.14. The van der Waals surface area contributed by atoms with Crippen molar-refractivity contribution < 1.29 is 18.8 Å². The van der Waals surface area contributed by atoms with Crippen molar-refractivity contribution in [2.45, 2.75) is 64.1 Å². The molecule has 1 saturated heterocycles. The van der Waals surface area contributed by atoms with E-state index in [1.165, 1.54) is 6.26 Å². The third-order valence-electron chi connectivity index (χ3n) is 3.60. The SMILES string of the molecule is CC[C@@H]([C@H](O[C@@H]1CCC[C@H](C)O1)c1ccco1)[N+](=O)[O-]. The van der Waals surface area contributed by atoms with Gasteiger partial charge in [-0.15, -0.1) is 0 Å². The van der Waals surface area contributed by atoms with E-state index in [1.807, 2.05) is 6.92 Å². The Bertz CT molecular complexity index is 419. The van der Waals surface area contributed by atoms with Crippen LogP contribution in [0.4, 0.5) is 0 Å². The molecule has 0 bridgehead atoms. The fourth-order valence-corrected chi connectivity index (χ4v) is 2.51. The van der Waals surface area contributed by atoms with E-state index in [-0.39, 0.29) is 11.0 Å². The van der Waals surface area contributed by atoms with E-state index in [0.717, 1.165) is 19.3 Å². The molecule has 0 saturated carbocycles. The standard InChI is InChI=1S/C14H21NO5/c1-3-11(15(16)17)14(12-7-5-9-18-12)20-13-8-4-6-10(2)19-13/h5,7,9-11,13-14H,3-4,6,8H2,1-2H3/t10-,11-,13+,14-/m0/s1. The number of nitrogens with zero attached hydrogens (tertiary/aromatic N) is 1. The quantitative estimate of drug-likeness (QED) is 0.591. The monoisotopic (exact) mass is 283 g/mol. The predicted molar refractivity (Wildman–Crippen MR) is 71.8 cm³/mol. The minimum atomic E-state index is -0.831. The molecule has 0 amide bonds. The van der Waals surface area contributed by atoms with Gasteiger partial charge in [0.2, 0.25) is 6.04 Å². The van der Waals surface area contributed by atoms with Crippen LogP contribution >= 0.6 is 0 Å². The summed E-state index contributed by atoms with van der Waals surface area (Å²) in [6, 6.07) is 2.59. The minimum Gasteiger partial charge on any atom is -0.466 e. The van der Waals surface area contributed by atoms with Crippen LogP contribution in [0.5, 0.6) is 0 Å². The first-order chi connectivity index (χ1) is 9.61. The van der Waals surface area contributed by atoms with E-state index >= 15 is 0 Å². The Hall–Kier alpha value is -1.40. The van der Waals surface area contributed by atoms with Crippen molar-refractivity contribution in [1.29, 1.82) is 0 Å². The number of hydrogen-bond acceptors (Lipinski definition) is 5. The fraction of sp³-hybridized carbons (Fsp3) is 0.714. The topological polar surface area (TPSA) is 74.7 Å². The lowest BCUT2D eigenvalue weighted by Gasteiger charge is -2.31. The third kappa shape index (κ3) is 3.58. The molecular formula is C14H21NO5. The molecule has 0 aliphatic carbocycles. The summed E-state index contributed by atoms with van der Waals surface area (Å²) < 4.78 is 16.9. The molecule has 0 radical (unpaired) electrons. The highest BCUT2D eigenvalue weighted by Crippen LogP contribution is 2.30. The molecular weight excluding hydrogens is 262 g/mol. The van der Waals surface area contributed by atoms with Gasteiger partial charge in [-0.3, -0.25) is 10.1 Å². The van der Waals surface area contributed by atoms with Crippen molar-refractivity contribution in [3.05, 3.63) is 34.3 Å². The molecule has 0 aromatic carbocycles. The first kappa shape index (κ1) is 15.0. The highest BCUT2D eigenvalue weighted by Gasteiger charge is 2.37. The van der Waals surface area contributed by atoms with Crippen molar-refractivity contribution in [1.82, 2.24) is 0 Å². The van der Waals surface area contributed by atoms with Crippen LogP contribution in [-0.4, -0.2) is 23.4 Å². The number of ether oxygens (including phenoxy) is 2. The van der Waals surface area contributed by atoms with Crippen LogP contribution in [0.25, 0.3) is 0 Å². The summed E-state index contributed by atoms with van der Waals surface area (Å²) in [5.41, 5.74) is 0. The van der Waals surface area contributed by atoms with Crippen LogP contribution in [0.3, 0.4) is 0 Å². The Kier molecular flexibility index (Phi) is 5.14. The highest BCUT2D eigenvalue weighted by atomic mass is 16.7. The van der Waals surface area contributed by atoms with E-state index in [1.54, 1.807) is 19.1 Å². The Morgan fingerprint density at radius 2 is 2.35 bits per heavy atom. The van der Waals surface area contributed by atoms with Crippen molar-refractivity contribution >= 4 is 0 Å². The lowest BCUT2D eigenvalue weighted by atomic mass is 10.1. The molecule has 4 atom stereocenters. The second kappa shape index (κ2) is 6.85. The number of nitro groups is 1. The summed E-state index contributed by atoms with van der Waals surface area (Å²) in [5.74, 6) is 0.482. The van der Waals surface area contributed by atoms with Crippen molar-refractivity contribution in [2.24, 2.45) is 0 Å². The lowest BCUT2D eigenvalue weighted by molar-refractivity contribution is -0.541. The fourth-order valence-electron chi connectivity index (χ4n) is 2.51. The minimum absolute atomic E-state index is 0.127. The number of rotatable bonds is 6. The Morgan fingerprint density at radius 3 is 2.90 bits per heavy atom. The van der Waals surface area contributed by atoms with E-state index in [0.29, 0.717) is 12.2 Å². The van der Waals surface area contributed by atoms with E-state index in [9.17, 15) is 10.1 Å². The van der Waals surface area contributed by atoms with Gasteiger partial charge in [0.1, 0.15) is 5.76 Å². The summed E-state index contributed by atoms with van der Waals surface area (Å²) in [6.07, 6.45) is 3.66. The lowest BCUT2D eigenvalue weighted by Crippen LogP contribution is -2.35. The molecule has 1 aromatic rings. The maximum absolute atomic E-state index is 11.2. The molecule has 2 heterocycles. The molecule has 2 rings (SSSR count). The molecule has 0 N–H and O–H groups in total. The average Bonchev–Trinajstić information content (AvgIpc) is 2.91. The first-order valence-electron chi connectivity index (χ1n) is 7.09. The normalized spacial score (nSPS) is 26.1. The van der Waals surface area contributed by atoms with Crippen LogP contribution in [-0.2, 0) is 9.47 Å². The van der Waals surface area contributed by atoms with Crippen LogP contribution in [0.15, 0.2) is 22.8 Å². The van der Waals surface area contributed by atoms with Gasteiger partial charge in [-0.1, -0.05) is 6.92 Å². The Labute approximate surface area is 118 Å². The zero-order valence-corrected chi connectivity index (χ0v) is 11.9. The maximum atomic E-state index is 11.2. The van der Waals surface area contributed by atoms with Gasteiger partial charge in [0, 0.05) is 11.3 Å². The molecule has 1 aromatic heterocycles. The van der Waals surface area contributed by atoms with E-state index < -0.39 is 18.4 Å². The predicted octanol–water partition coefficient (Wildman–Crippen LogP) is 3.31. The second-order valence-electron chi connectivity index (χ2n) is 5.14. The van der Waals surface area contributed by atoms with Gasteiger partial charge in [-0.25, -0.2) is 0 Å². The molecule has 6 heteroatoms. The Balaban J connectivity index is 2.12. The van der Waals surface area contributed by atoms with Crippen LogP contribution in [0.2, 0.25) is 0 Å². The maximum Gasteiger partial charge on any atom is 0.245 e. The van der Waals surface area contributed by atoms with Gasteiger partial charge in [-0.2, -0.15) is 0 Å². The zero-order valence-electron chi connectivity index (χ0n) is 11.9. The van der Waals surface area contributed by atoms with Crippen molar-refractivity contribution in [3.8, 4) is 0 Å². The van der Waals surface area contributed by atoms with Crippen LogP contribution in [0, 0.1) is 10.1 Å². The Morgan fingerprint density at radius 1 is 1.55 bits per heavy atom. The molecule has 6 nitrogen and oxygen atoms in total.